The van der Waals surface area contributed by atoms with Crippen LogP contribution in [-0.4, -0.2) is 17.6 Å². The summed E-state index contributed by atoms with van der Waals surface area (Å²) in [5.74, 6) is -0.984. The molecule has 1 unspecified atom stereocenters. The van der Waals surface area contributed by atoms with Crippen LogP contribution in [0.3, 0.4) is 0 Å². The number of hydrogen-bond acceptors (Lipinski definition) is 2. The van der Waals surface area contributed by atoms with Crippen LogP contribution < -0.4 is 4.90 Å². The number of carboxylic acid groups (broad SMARTS) is 1. The fourth-order valence-corrected chi connectivity index (χ4v) is 2.69. The zero-order valence-electron chi connectivity index (χ0n) is 11.0. The van der Waals surface area contributed by atoms with Gasteiger partial charge in [-0.2, -0.15) is 0 Å². The lowest BCUT2D eigenvalue weighted by molar-refractivity contribution is 0.0697. The van der Waals surface area contributed by atoms with E-state index >= 15 is 0 Å². The molecule has 0 bridgehead atoms. The summed E-state index contributed by atoms with van der Waals surface area (Å²) in [4.78, 5) is 13.1. The second kappa shape index (κ2) is 4.63. The van der Waals surface area contributed by atoms with E-state index in [1.54, 1.807) is 24.3 Å². The molecule has 0 spiro atoms. The van der Waals surface area contributed by atoms with Crippen molar-refractivity contribution >= 4 is 17.3 Å². The molecule has 0 amide bonds. The van der Waals surface area contributed by atoms with Gasteiger partial charge in [-0.3, -0.25) is 0 Å². The highest BCUT2D eigenvalue weighted by atomic mass is 19.1. The number of carbonyl (C=O) groups is 1. The van der Waals surface area contributed by atoms with Crippen LogP contribution in [0.15, 0.2) is 42.5 Å². The van der Waals surface area contributed by atoms with Crippen molar-refractivity contribution in [3.8, 4) is 0 Å². The summed E-state index contributed by atoms with van der Waals surface area (Å²) in [6.45, 7) is 2.77. The largest absolute Gasteiger partial charge is 0.478 e. The van der Waals surface area contributed by atoms with Gasteiger partial charge < -0.3 is 10.0 Å². The minimum absolute atomic E-state index is 0.215. The monoisotopic (exact) mass is 271 g/mol. The molecule has 3 nitrogen and oxygen atoms in total. The van der Waals surface area contributed by atoms with Crippen molar-refractivity contribution in [1.29, 1.82) is 0 Å². The van der Waals surface area contributed by atoms with Gasteiger partial charge in [-0.1, -0.05) is 13.0 Å². The van der Waals surface area contributed by atoms with Gasteiger partial charge in [0.2, 0.25) is 0 Å². The summed E-state index contributed by atoms with van der Waals surface area (Å²) in [5, 5.41) is 9.06. The molecule has 0 saturated carbocycles. The van der Waals surface area contributed by atoms with Gasteiger partial charge >= 0.3 is 5.97 Å². The molecule has 0 saturated heterocycles. The highest BCUT2D eigenvalue weighted by Crippen LogP contribution is 2.41. The van der Waals surface area contributed by atoms with Crippen molar-refractivity contribution < 1.29 is 14.3 Å². The second-order valence-electron chi connectivity index (χ2n) is 5.07. The first-order valence-electron chi connectivity index (χ1n) is 6.46. The average Bonchev–Trinajstić information content (AvgIpc) is 2.76. The Bertz CT molecular complexity index is 684. The first kappa shape index (κ1) is 12.7. The van der Waals surface area contributed by atoms with Crippen molar-refractivity contribution in [2.24, 2.45) is 0 Å². The highest BCUT2D eigenvalue weighted by molar-refractivity contribution is 5.89. The zero-order chi connectivity index (χ0) is 14.3. The van der Waals surface area contributed by atoms with Crippen LogP contribution in [0.4, 0.5) is 15.8 Å². The van der Waals surface area contributed by atoms with Gasteiger partial charge in [0.25, 0.3) is 0 Å². The van der Waals surface area contributed by atoms with Crippen LogP contribution in [0.2, 0.25) is 0 Å². The maximum atomic E-state index is 13.4. The molecule has 0 radical (unpaired) electrons. The minimum atomic E-state index is -0.927. The Balaban J connectivity index is 2.06. The third kappa shape index (κ3) is 2.03. The number of nitrogens with zero attached hydrogens (tertiary/aromatic N) is 1. The summed E-state index contributed by atoms with van der Waals surface area (Å²) < 4.78 is 13.4. The number of benzene rings is 2. The number of anilines is 2. The maximum absolute atomic E-state index is 13.4. The molecule has 1 N–H and O–H groups in total. The molecule has 0 aliphatic carbocycles. The van der Waals surface area contributed by atoms with Crippen LogP contribution in [0, 0.1) is 5.82 Å². The third-order valence-electron chi connectivity index (χ3n) is 3.67. The number of aromatic carboxylic acids is 1. The van der Waals surface area contributed by atoms with E-state index < -0.39 is 5.97 Å². The predicted octanol–water partition coefficient (Wildman–Crippen LogP) is 3.78. The first-order chi connectivity index (χ1) is 9.56. The van der Waals surface area contributed by atoms with Gasteiger partial charge in [0.1, 0.15) is 5.82 Å². The number of halogens is 1. The van der Waals surface area contributed by atoms with E-state index in [1.165, 1.54) is 12.1 Å². The van der Waals surface area contributed by atoms with E-state index in [0.717, 1.165) is 23.5 Å². The lowest BCUT2D eigenvalue weighted by atomic mass is 10.0. The number of rotatable bonds is 2. The van der Waals surface area contributed by atoms with Crippen LogP contribution in [0.1, 0.15) is 28.8 Å². The predicted molar refractivity (Wildman–Crippen MR) is 75.2 cm³/mol. The van der Waals surface area contributed by atoms with Crippen LogP contribution in [0.25, 0.3) is 0 Å². The van der Waals surface area contributed by atoms with Gasteiger partial charge in [0, 0.05) is 23.8 Å². The smallest absolute Gasteiger partial charge is 0.335 e. The summed E-state index contributed by atoms with van der Waals surface area (Å²) in [7, 11) is 0. The Hall–Kier alpha value is -2.36. The molecule has 2 aromatic carbocycles. The number of hydrogen-bond donors (Lipinski definition) is 1. The van der Waals surface area contributed by atoms with Crippen molar-refractivity contribution in [3.63, 3.8) is 0 Å². The van der Waals surface area contributed by atoms with Crippen molar-refractivity contribution in [2.75, 3.05) is 11.4 Å². The molecule has 1 heterocycles. The summed E-state index contributed by atoms with van der Waals surface area (Å²) in [6.07, 6.45) is 0. The fourth-order valence-electron chi connectivity index (χ4n) is 2.69. The van der Waals surface area contributed by atoms with Crippen LogP contribution in [-0.2, 0) is 0 Å². The van der Waals surface area contributed by atoms with Gasteiger partial charge in [-0.25, -0.2) is 9.18 Å². The molecule has 2 aromatic rings. The summed E-state index contributed by atoms with van der Waals surface area (Å²) in [6, 6.07) is 11.5. The Labute approximate surface area is 116 Å². The Morgan fingerprint density at radius 1 is 1.30 bits per heavy atom. The Morgan fingerprint density at radius 3 is 2.80 bits per heavy atom. The third-order valence-corrected chi connectivity index (χ3v) is 3.67. The molecule has 0 fully saturated rings. The van der Waals surface area contributed by atoms with Crippen molar-refractivity contribution in [3.05, 3.63) is 59.4 Å². The molecule has 102 valence electrons. The van der Waals surface area contributed by atoms with Crippen LogP contribution >= 0.6 is 0 Å². The quantitative estimate of drug-likeness (QED) is 0.903. The maximum Gasteiger partial charge on any atom is 0.335 e. The molecular formula is C16H14FNO2. The lowest BCUT2D eigenvalue weighted by Gasteiger charge is -2.19. The SMILES string of the molecule is CC1CN(c2cccc(F)c2)c2ccc(C(=O)O)cc21. The second-order valence-corrected chi connectivity index (χ2v) is 5.07. The van der Waals surface area contributed by atoms with Gasteiger partial charge in [0.15, 0.2) is 0 Å². The molecule has 3 rings (SSSR count). The number of carboxylic acids is 1. The molecule has 0 aromatic heterocycles. The molecule has 1 atom stereocenters. The Morgan fingerprint density at radius 2 is 2.10 bits per heavy atom. The molecule has 1 aliphatic heterocycles. The van der Waals surface area contributed by atoms with E-state index in [4.69, 9.17) is 5.11 Å². The first-order valence-corrected chi connectivity index (χ1v) is 6.46. The van der Waals surface area contributed by atoms with Gasteiger partial charge in [-0.15, -0.1) is 0 Å². The zero-order valence-corrected chi connectivity index (χ0v) is 11.0. The molecular weight excluding hydrogens is 257 g/mol. The normalized spacial score (nSPS) is 17.1. The Kier molecular flexibility index (Phi) is 2.93. The van der Waals surface area contributed by atoms with E-state index in [1.807, 2.05) is 17.9 Å². The molecule has 1 aliphatic rings. The van der Waals surface area contributed by atoms with E-state index in [9.17, 15) is 9.18 Å². The topological polar surface area (TPSA) is 40.5 Å². The van der Waals surface area contributed by atoms with Gasteiger partial charge in [0.05, 0.1) is 5.56 Å². The minimum Gasteiger partial charge on any atom is -0.478 e. The van der Waals surface area contributed by atoms with Crippen molar-refractivity contribution in [1.82, 2.24) is 0 Å². The van der Waals surface area contributed by atoms with E-state index in [0.29, 0.717) is 0 Å². The lowest BCUT2D eigenvalue weighted by Crippen LogP contribution is -2.14. The summed E-state index contributed by atoms with van der Waals surface area (Å²) >= 11 is 0. The van der Waals surface area contributed by atoms with Crippen LogP contribution in [0.5, 0.6) is 0 Å². The highest BCUT2D eigenvalue weighted by Gasteiger charge is 2.27. The van der Waals surface area contributed by atoms with Crippen molar-refractivity contribution in [2.45, 2.75) is 12.8 Å². The van der Waals surface area contributed by atoms with E-state index in [2.05, 4.69) is 0 Å². The standard InChI is InChI=1S/C16H14FNO2/c1-10-9-18(13-4-2-3-12(17)8-13)15-6-5-11(16(19)20)7-14(10)15/h2-8,10H,9H2,1H3,(H,19,20). The molecule has 20 heavy (non-hydrogen) atoms. The summed E-state index contributed by atoms with van der Waals surface area (Å²) in [5.41, 5.74) is 3.03. The van der Waals surface area contributed by atoms with E-state index in [-0.39, 0.29) is 17.3 Å². The molecule has 4 heteroatoms. The number of fused-ring (bicyclic) bond motifs is 1. The van der Waals surface area contributed by atoms with Gasteiger partial charge in [-0.05, 0) is 42.0 Å². The fraction of sp³-hybridized carbons (Fsp3) is 0.188. The average molecular weight is 271 g/mol.